The van der Waals surface area contributed by atoms with E-state index in [9.17, 15) is 26.4 Å². The average Bonchev–Trinajstić information content (AvgIpc) is 3.42. The number of benzene rings is 1. The van der Waals surface area contributed by atoms with Gasteiger partial charge >= 0.3 is 15.5 Å². The van der Waals surface area contributed by atoms with Crippen molar-refractivity contribution in [3.63, 3.8) is 0 Å². The smallest absolute Gasteiger partial charge is 0.381 e. The van der Waals surface area contributed by atoms with Crippen LogP contribution in [0.4, 0.5) is 24.5 Å². The molecule has 1 amide bonds. The second-order valence-electron chi connectivity index (χ2n) is 6.72. The summed E-state index contributed by atoms with van der Waals surface area (Å²) in [6, 6.07) is 5.11. The Kier molecular flexibility index (Phi) is 5.74. The van der Waals surface area contributed by atoms with Crippen LogP contribution < -0.4 is 10.6 Å². The van der Waals surface area contributed by atoms with E-state index in [1.807, 2.05) is 0 Å². The van der Waals surface area contributed by atoms with E-state index in [-0.39, 0.29) is 43.8 Å². The third kappa shape index (κ3) is 4.75. The molecule has 150 valence electrons. The maximum Gasteiger partial charge on any atom is 0.511 e. The van der Waals surface area contributed by atoms with E-state index >= 15 is 0 Å². The minimum Gasteiger partial charge on any atom is -0.381 e. The minimum absolute atomic E-state index is 0.0392. The summed E-state index contributed by atoms with van der Waals surface area (Å²) in [6.45, 7) is -0.422. The van der Waals surface area contributed by atoms with Gasteiger partial charge in [0.2, 0.25) is 5.91 Å². The molecule has 0 radical (unpaired) electrons. The number of anilines is 2. The molecule has 0 spiro atoms. The van der Waals surface area contributed by atoms with Gasteiger partial charge in [0, 0.05) is 29.5 Å². The van der Waals surface area contributed by atoms with Crippen LogP contribution in [0.5, 0.6) is 0 Å². The highest BCUT2D eigenvalue weighted by atomic mass is 79.9. The number of nitrogens with zero attached hydrogens (tertiary/aromatic N) is 1. The number of carbonyl (C=O) groups is 1. The summed E-state index contributed by atoms with van der Waals surface area (Å²) in [7, 11) is -5.29. The van der Waals surface area contributed by atoms with Gasteiger partial charge in [-0.25, -0.2) is 8.42 Å². The summed E-state index contributed by atoms with van der Waals surface area (Å²) in [6.07, 6.45) is 2.21. The maximum atomic E-state index is 12.7. The van der Waals surface area contributed by atoms with Crippen LogP contribution in [-0.4, -0.2) is 43.3 Å². The van der Waals surface area contributed by atoms with Gasteiger partial charge in [-0.05, 0) is 43.9 Å². The van der Waals surface area contributed by atoms with Gasteiger partial charge in [0.25, 0.3) is 0 Å². The second kappa shape index (κ2) is 7.59. The highest BCUT2D eigenvalue weighted by Gasteiger charge is 2.50. The Balaban J connectivity index is 1.65. The van der Waals surface area contributed by atoms with Crippen LogP contribution >= 0.6 is 15.9 Å². The van der Waals surface area contributed by atoms with E-state index in [4.69, 9.17) is 0 Å². The molecule has 0 unspecified atom stereocenters. The van der Waals surface area contributed by atoms with Crippen LogP contribution in [-0.2, 0) is 14.8 Å². The second-order valence-corrected chi connectivity index (χ2v) is 9.57. The molecule has 11 heteroatoms. The number of amides is 1. The fourth-order valence-electron chi connectivity index (χ4n) is 2.93. The number of piperidine rings is 1. The lowest BCUT2D eigenvalue weighted by Crippen LogP contribution is -2.47. The number of nitrogens with one attached hydrogen (secondary N) is 2. The van der Waals surface area contributed by atoms with E-state index in [0.29, 0.717) is 15.7 Å². The Bertz CT molecular complexity index is 820. The van der Waals surface area contributed by atoms with Gasteiger partial charge in [0.1, 0.15) is 0 Å². The van der Waals surface area contributed by atoms with Crippen molar-refractivity contribution in [1.82, 2.24) is 4.31 Å². The highest BCUT2D eigenvalue weighted by Crippen LogP contribution is 2.34. The van der Waals surface area contributed by atoms with Gasteiger partial charge in [-0.15, -0.1) is 0 Å². The van der Waals surface area contributed by atoms with Gasteiger partial charge in [-0.1, -0.05) is 15.9 Å². The standard InChI is InChI=1S/C16H19BrF3N3O3S/c17-11-3-4-13(22-15(24)10-1-2-10)14(9-11)21-12-5-7-23(8-6-12)27(25,26)16(18,19)20/h3-4,9-10,12,21H,1-2,5-8H2,(H,22,24). The lowest BCUT2D eigenvalue weighted by molar-refractivity contribution is -0.117. The molecule has 2 fully saturated rings. The molecule has 6 nitrogen and oxygen atoms in total. The van der Waals surface area contributed by atoms with Gasteiger partial charge in [-0.2, -0.15) is 17.5 Å². The number of rotatable bonds is 5. The molecule has 0 bridgehead atoms. The molecular weight excluding hydrogens is 451 g/mol. The molecule has 1 aromatic rings. The quantitative estimate of drug-likeness (QED) is 0.691. The van der Waals surface area contributed by atoms with Crippen LogP contribution in [0.1, 0.15) is 25.7 Å². The molecule has 1 aliphatic heterocycles. The number of halogens is 4. The van der Waals surface area contributed by atoms with Crippen molar-refractivity contribution in [2.45, 2.75) is 37.2 Å². The van der Waals surface area contributed by atoms with Crippen LogP contribution in [0.15, 0.2) is 22.7 Å². The lowest BCUT2D eigenvalue weighted by atomic mass is 10.1. The SMILES string of the molecule is O=C(Nc1ccc(Br)cc1NC1CCN(S(=O)(=O)C(F)(F)F)CC1)C1CC1. The maximum absolute atomic E-state index is 12.7. The Labute approximate surface area is 163 Å². The van der Waals surface area contributed by atoms with E-state index in [2.05, 4.69) is 26.6 Å². The first kappa shape index (κ1) is 20.4. The first-order valence-corrected chi connectivity index (χ1v) is 10.7. The normalized spacial score (nSPS) is 19.7. The van der Waals surface area contributed by atoms with Crippen molar-refractivity contribution in [3.8, 4) is 0 Å². The van der Waals surface area contributed by atoms with E-state index in [1.165, 1.54) is 0 Å². The van der Waals surface area contributed by atoms with Crippen molar-refractivity contribution >= 4 is 43.2 Å². The Hall–Kier alpha value is -1.33. The van der Waals surface area contributed by atoms with E-state index in [0.717, 1.165) is 17.3 Å². The van der Waals surface area contributed by atoms with Gasteiger partial charge in [0.05, 0.1) is 11.4 Å². The van der Waals surface area contributed by atoms with Crippen molar-refractivity contribution in [2.24, 2.45) is 5.92 Å². The summed E-state index contributed by atoms with van der Waals surface area (Å²) in [4.78, 5) is 12.0. The fraction of sp³-hybridized carbons (Fsp3) is 0.562. The first-order valence-electron chi connectivity index (χ1n) is 8.51. The molecule has 0 aromatic heterocycles. The first-order chi connectivity index (χ1) is 12.6. The molecule has 1 saturated heterocycles. The number of sulfonamides is 1. The monoisotopic (exact) mass is 469 g/mol. The Morgan fingerprint density at radius 1 is 1.11 bits per heavy atom. The molecule has 3 rings (SSSR count). The molecule has 0 atom stereocenters. The number of hydrogen-bond donors (Lipinski definition) is 2. The average molecular weight is 470 g/mol. The van der Waals surface area contributed by atoms with Crippen molar-refractivity contribution in [2.75, 3.05) is 23.7 Å². The summed E-state index contributed by atoms with van der Waals surface area (Å²) in [5.41, 5.74) is -4.03. The molecule has 2 N–H and O–H groups in total. The summed E-state index contributed by atoms with van der Waals surface area (Å²) in [5, 5.41) is 6.08. The van der Waals surface area contributed by atoms with Gasteiger partial charge in [-0.3, -0.25) is 4.79 Å². The Morgan fingerprint density at radius 2 is 1.74 bits per heavy atom. The summed E-state index contributed by atoms with van der Waals surface area (Å²) >= 11 is 3.36. The largest absolute Gasteiger partial charge is 0.511 e. The van der Waals surface area contributed by atoms with Crippen LogP contribution in [0.2, 0.25) is 0 Å². The van der Waals surface area contributed by atoms with Crippen molar-refractivity contribution in [3.05, 3.63) is 22.7 Å². The molecule has 1 aromatic carbocycles. The van der Waals surface area contributed by atoms with Gasteiger partial charge in [0.15, 0.2) is 0 Å². The van der Waals surface area contributed by atoms with Crippen molar-refractivity contribution < 1.29 is 26.4 Å². The van der Waals surface area contributed by atoms with Gasteiger partial charge < -0.3 is 10.6 Å². The number of alkyl halides is 3. The number of carbonyl (C=O) groups excluding carboxylic acids is 1. The molecule has 27 heavy (non-hydrogen) atoms. The molecule has 1 saturated carbocycles. The summed E-state index contributed by atoms with van der Waals surface area (Å²) < 4.78 is 62.2. The minimum atomic E-state index is -5.29. The molecule has 1 heterocycles. The van der Waals surface area contributed by atoms with Crippen LogP contribution in [0, 0.1) is 5.92 Å². The van der Waals surface area contributed by atoms with Crippen LogP contribution in [0.3, 0.4) is 0 Å². The van der Waals surface area contributed by atoms with E-state index < -0.39 is 15.5 Å². The highest BCUT2D eigenvalue weighted by molar-refractivity contribution is 9.10. The third-order valence-corrected chi connectivity index (χ3v) is 6.76. The van der Waals surface area contributed by atoms with Crippen molar-refractivity contribution in [1.29, 1.82) is 0 Å². The number of hydrogen-bond acceptors (Lipinski definition) is 4. The summed E-state index contributed by atoms with van der Waals surface area (Å²) in [5.74, 6) is -0.0104. The zero-order valence-electron chi connectivity index (χ0n) is 14.2. The third-order valence-electron chi connectivity index (χ3n) is 4.63. The molecule has 2 aliphatic rings. The van der Waals surface area contributed by atoms with Crippen LogP contribution in [0.25, 0.3) is 0 Å². The molecule has 1 aliphatic carbocycles. The Morgan fingerprint density at radius 3 is 2.30 bits per heavy atom. The molecular formula is C16H19BrF3N3O3S. The topological polar surface area (TPSA) is 78.5 Å². The lowest BCUT2D eigenvalue weighted by Gasteiger charge is -2.32. The fourth-order valence-corrected chi connectivity index (χ4v) is 4.28. The zero-order chi connectivity index (χ0) is 19.8. The zero-order valence-corrected chi connectivity index (χ0v) is 16.6. The predicted octanol–water partition coefficient (Wildman–Crippen LogP) is 3.52. The van der Waals surface area contributed by atoms with E-state index in [1.54, 1.807) is 18.2 Å². The predicted molar refractivity (Wildman–Crippen MR) is 98.7 cm³/mol.